The number of β-amino-alcohol motifs (C(OH)–C–C–N with tert-alkyl or cyclic N) is 1. The molecule has 1 N–H and O–H groups in total. The zero-order chi connectivity index (χ0) is 22.0. The van der Waals surface area contributed by atoms with E-state index in [4.69, 9.17) is 4.74 Å². The molecule has 4 rings (SSSR count). The second-order valence-electron chi connectivity index (χ2n) is 7.17. The van der Waals surface area contributed by atoms with E-state index in [2.05, 4.69) is 5.29 Å². The highest BCUT2D eigenvalue weighted by Crippen LogP contribution is 2.31. The van der Waals surface area contributed by atoms with E-state index in [0.29, 0.717) is 24.5 Å². The predicted molar refractivity (Wildman–Crippen MR) is 111 cm³/mol. The maximum Gasteiger partial charge on any atom is 0.261 e. The maximum atomic E-state index is 12.5. The third kappa shape index (κ3) is 3.90. The van der Waals surface area contributed by atoms with Crippen LogP contribution in [0, 0.1) is 4.91 Å². The molecule has 2 heterocycles. The molecule has 0 aromatic heterocycles. The molecule has 1 unspecified atom stereocenters. The van der Waals surface area contributed by atoms with E-state index in [1.165, 1.54) is 4.90 Å². The molecule has 0 aliphatic carbocycles. The van der Waals surface area contributed by atoms with Crippen molar-refractivity contribution in [3.8, 4) is 0 Å². The van der Waals surface area contributed by atoms with Crippen molar-refractivity contribution in [1.82, 2.24) is 4.90 Å². The van der Waals surface area contributed by atoms with Gasteiger partial charge in [-0.3, -0.25) is 19.3 Å². The fourth-order valence-electron chi connectivity index (χ4n) is 3.73. The largest absolute Gasteiger partial charge is 0.389 e. The van der Waals surface area contributed by atoms with Gasteiger partial charge in [-0.15, -0.1) is 4.91 Å². The van der Waals surface area contributed by atoms with Crippen LogP contribution in [0.5, 0.6) is 0 Å². The molecule has 2 aliphatic rings. The van der Waals surface area contributed by atoms with E-state index >= 15 is 0 Å². The molecule has 1 atom stereocenters. The molecule has 160 valence electrons. The Kier molecular flexibility index (Phi) is 5.74. The fraction of sp³-hybridized carbons (Fsp3) is 0.286. The van der Waals surface area contributed by atoms with Crippen LogP contribution in [0.3, 0.4) is 0 Å². The lowest BCUT2D eigenvalue weighted by Gasteiger charge is -2.31. The monoisotopic (exact) mass is 424 g/mol. The molecule has 10 heteroatoms. The maximum absolute atomic E-state index is 12.5. The second kappa shape index (κ2) is 8.62. The van der Waals surface area contributed by atoms with E-state index < -0.39 is 17.9 Å². The Bertz CT molecular complexity index is 1010. The SMILES string of the molecule is O=NN(CC(O)CN1C(=O)c2ccccc2C1=O)c1ccccc1N1CCOCC1=O. The van der Waals surface area contributed by atoms with E-state index in [1.807, 2.05) is 0 Å². The lowest BCUT2D eigenvalue weighted by atomic mass is 10.1. The van der Waals surface area contributed by atoms with Crippen LogP contribution in [0.25, 0.3) is 0 Å². The predicted octanol–water partition coefficient (Wildman–Crippen LogP) is 1.19. The number of hydrogen-bond acceptors (Lipinski definition) is 7. The molecule has 2 aromatic rings. The van der Waals surface area contributed by atoms with Gasteiger partial charge in [-0.1, -0.05) is 24.3 Å². The first-order chi connectivity index (χ1) is 15.0. The summed E-state index contributed by atoms with van der Waals surface area (Å²) in [6.07, 6.45) is -1.24. The molecule has 0 saturated carbocycles. The molecular weight excluding hydrogens is 404 g/mol. The summed E-state index contributed by atoms with van der Waals surface area (Å²) in [5, 5.41) is 14.6. The van der Waals surface area contributed by atoms with Crippen LogP contribution in [0.4, 0.5) is 11.4 Å². The number of ether oxygens (including phenoxy) is 1. The Labute approximate surface area is 177 Å². The third-order valence-electron chi connectivity index (χ3n) is 5.19. The summed E-state index contributed by atoms with van der Waals surface area (Å²) >= 11 is 0. The lowest BCUT2D eigenvalue weighted by molar-refractivity contribution is -0.125. The Morgan fingerprint density at radius 3 is 2.32 bits per heavy atom. The number of benzene rings is 2. The molecule has 1 fully saturated rings. The molecule has 0 bridgehead atoms. The molecule has 2 aliphatic heterocycles. The number of amides is 3. The second-order valence-corrected chi connectivity index (χ2v) is 7.17. The van der Waals surface area contributed by atoms with E-state index in [0.717, 1.165) is 9.91 Å². The molecular formula is C21H20N4O6. The highest BCUT2D eigenvalue weighted by molar-refractivity contribution is 6.21. The first-order valence-electron chi connectivity index (χ1n) is 9.72. The minimum Gasteiger partial charge on any atom is -0.389 e. The summed E-state index contributed by atoms with van der Waals surface area (Å²) in [7, 11) is 0. The number of para-hydroxylation sites is 2. The van der Waals surface area contributed by atoms with Crippen LogP contribution in [-0.4, -0.2) is 66.7 Å². The van der Waals surface area contributed by atoms with Crippen molar-refractivity contribution in [3.63, 3.8) is 0 Å². The van der Waals surface area contributed by atoms with Gasteiger partial charge in [0.25, 0.3) is 17.7 Å². The Morgan fingerprint density at radius 2 is 1.68 bits per heavy atom. The quantitative estimate of drug-likeness (QED) is 0.403. The zero-order valence-corrected chi connectivity index (χ0v) is 16.5. The number of carbonyl (C=O) groups excluding carboxylic acids is 3. The molecule has 10 nitrogen and oxygen atoms in total. The van der Waals surface area contributed by atoms with Crippen LogP contribution < -0.4 is 9.91 Å². The number of anilines is 2. The summed E-state index contributed by atoms with van der Waals surface area (Å²) in [4.78, 5) is 51.3. The number of imide groups is 1. The topological polar surface area (TPSA) is 120 Å². The average Bonchev–Trinajstić information content (AvgIpc) is 3.03. The van der Waals surface area contributed by atoms with Crippen molar-refractivity contribution in [2.45, 2.75) is 6.10 Å². The number of fused-ring (bicyclic) bond motifs is 1. The number of aliphatic hydroxyl groups excluding tert-OH is 1. The van der Waals surface area contributed by atoms with Crippen LogP contribution in [0.15, 0.2) is 53.8 Å². The Hall–Kier alpha value is -3.63. The summed E-state index contributed by atoms with van der Waals surface area (Å²) in [5.41, 5.74) is 1.35. The minimum absolute atomic E-state index is 0.0643. The smallest absolute Gasteiger partial charge is 0.261 e. The minimum atomic E-state index is -1.24. The number of aliphatic hydroxyl groups is 1. The van der Waals surface area contributed by atoms with Gasteiger partial charge >= 0.3 is 0 Å². The highest BCUT2D eigenvalue weighted by Gasteiger charge is 2.36. The van der Waals surface area contributed by atoms with Crippen molar-refractivity contribution in [1.29, 1.82) is 0 Å². The number of rotatable bonds is 7. The van der Waals surface area contributed by atoms with Gasteiger partial charge in [-0.05, 0) is 24.3 Å². The average molecular weight is 424 g/mol. The zero-order valence-electron chi connectivity index (χ0n) is 16.5. The van der Waals surface area contributed by atoms with Crippen LogP contribution in [0.1, 0.15) is 20.7 Å². The molecule has 2 aromatic carbocycles. The number of carbonyl (C=O) groups is 3. The normalized spacial score (nSPS) is 17.0. The Balaban J connectivity index is 1.50. The van der Waals surface area contributed by atoms with Crippen molar-refractivity contribution >= 4 is 29.1 Å². The standard InChI is InChI=1S/C21H20N4O6/c26-14(11-24-20(28)15-5-1-2-6-16(15)21(24)29)12-25(22-30)18-8-4-3-7-17(18)23-9-10-31-13-19(23)27/h1-8,14,26H,9-13H2. The van der Waals surface area contributed by atoms with E-state index in [9.17, 15) is 24.4 Å². The summed E-state index contributed by atoms with van der Waals surface area (Å²) in [6.45, 7) is 0.0474. The fourth-order valence-corrected chi connectivity index (χ4v) is 3.73. The molecule has 0 radical (unpaired) electrons. The number of morpholine rings is 1. The third-order valence-corrected chi connectivity index (χ3v) is 5.19. The van der Waals surface area contributed by atoms with Gasteiger partial charge in [0.2, 0.25) is 0 Å². The van der Waals surface area contributed by atoms with Gasteiger partial charge in [0.1, 0.15) is 6.61 Å². The van der Waals surface area contributed by atoms with E-state index in [-0.39, 0.29) is 36.7 Å². The van der Waals surface area contributed by atoms with Crippen LogP contribution >= 0.6 is 0 Å². The van der Waals surface area contributed by atoms with Crippen molar-refractivity contribution in [2.24, 2.45) is 5.29 Å². The first-order valence-corrected chi connectivity index (χ1v) is 9.72. The van der Waals surface area contributed by atoms with Crippen LogP contribution in [0.2, 0.25) is 0 Å². The van der Waals surface area contributed by atoms with Crippen molar-refractivity contribution in [3.05, 3.63) is 64.6 Å². The van der Waals surface area contributed by atoms with Gasteiger partial charge in [-0.25, -0.2) is 5.01 Å². The first kappa shape index (κ1) is 20.6. The highest BCUT2D eigenvalue weighted by atomic mass is 16.5. The van der Waals surface area contributed by atoms with Crippen molar-refractivity contribution in [2.75, 3.05) is 42.8 Å². The van der Waals surface area contributed by atoms with Crippen molar-refractivity contribution < 1.29 is 24.2 Å². The summed E-state index contributed by atoms with van der Waals surface area (Å²) in [6, 6.07) is 13.1. The van der Waals surface area contributed by atoms with Gasteiger partial charge < -0.3 is 14.7 Å². The number of nitroso groups, excluding NO2 is 1. The van der Waals surface area contributed by atoms with Gasteiger partial charge in [-0.2, -0.15) is 0 Å². The van der Waals surface area contributed by atoms with Crippen LogP contribution in [-0.2, 0) is 9.53 Å². The Morgan fingerprint density at radius 1 is 1.03 bits per heavy atom. The molecule has 31 heavy (non-hydrogen) atoms. The summed E-state index contributed by atoms with van der Waals surface area (Å²) < 4.78 is 5.15. The molecule has 3 amide bonds. The summed E-state index contributed by atoms with van der Waals surface area (Å²) in [5.74, 6) is -1.25. The number of hydrogen-bond donors (Lipinski definition) is 1. The molecule has 1 saturated heterocycles. The van der Waals surface area contributed by atoms with Gasteiger partial charge in [0, 0.05) is 6.54 Å². The van der Waals surface area contributed by atoms with Gasteiger partial charge in [0.15, 0.2) is 0 Å². The lowest BCUT2D eigenvalue weighted by Crippen LogP contribution is -2.43. The van der Waals surface area contributed by atoms with Gasteiger partial charge in [0.05, 0.1) is 53.6 Å². The number of nitrogens with zero attached hydrogens (tertiary/aromatic N) is 4. The molecule has 0 spiro atoms. The van der Waals surface area contributed by atoms with E-state index in [1.54, 1.807) is 48.5 Å².